The first-order chi connectivity index (χ1) is 5.63. The molecule has 0 saturated carbocycles. The van der Waals surface area contributed by atoms with Crippen molar-refractivity contribution in [1.82, 2.24) is 0 Å². The molecule has 1 rings (SSSR count). The Bertz CT molecular complexity index is 169. The van der Waals surface area contributed by atoms with E-state index in [4.69, 9.17) is 19.7 Å². The zero-order chi connectivity index (χ0) is 9.14. The van der Waals surface area contributed by atoms with Crippen molar-refractivity contribution < 1.29 is 24.5 Å². The molecule has 3 atom stereocenters. The van der Waals surface area contributed by atoms with Crippen molar-refractivity contribution in [1.29, 1.82) is 0 Å². The second kappa shape index (κ2) is 3.84. The topological polar surface area (TPSA) is 76.0 Å². The predicted octanol–water partition coefficient (Wildman–Crippen LogP) is -0.982. The minimum absolute atomic E-state index is 0.227. The second-order valence-corrected chi connectivity index (χ2v) is 2.70. The van der Waals surface area contributed by atoms with E-state index in [1.807, 2.05) is 0 Å². The van der Waals surface area contributed by atoms with Gasteiger partial charge in [-0.2, -0.15) is 0 Å². The molecule has 0 aliphatic carbocycles. The van der Waals surface area contributed by atoms with Crippen LogP contribution in [0.1, 0.15) is 13.3 Å². The average molecular weight is 176 g/mol. The zero-order valence-corrected chi connectivity index (χ0v) is 6.77. The lowest BCUT2D eigenvalue weighted by Crippen LogP contribution is -2.29. The molecule has 0 aromatic carbocycles. The van der Waals surface area contributed by atoms with Gasteiger partial charge < -0.3 is 19.7 Å². The summed E-state index contributed by atoms with van der Waals surface area (Å²) in [6.45, 7) is 1.02. The zero-order valence-electron chi connectivity index (χ0n) is 6.77. The molecule has 70 valence electrons. The first-order valence-corrected chi connectivity index (χ1v) is 3.75. The SMILES string of the molecule is CC(=O)O[C@H]1C[C@@H](O)O[C@@H]1CO. The molecular formula is C7H12O5. The van der Waals surface area contributed by atoms with Gasteiger partial charge in [0.25, 0.3) is 0 Å². The van der Waals surface area contributed by atoms with E-state index >= 15 is 0 Å². The molecule has 0 aromatic rings. The van der Waals surface area contributed by atoms with Gasteiger partial charge in [0, 0.05) is 13.3 Å². The largest absolute Gasteiger partial charge is 0.459 e. The van der Waals surface area contributed by atoms with Crippen molar-refractivity contribution in [2.24, 2.45) is 0 Å². The maximum atomic E-state index is 10.5. The molecule has 1 fully saturated rings. The second-order valence-electron chi connectivity index (χ2n) is 2.70. The highest BCUT2D eigenvalue weighted by Crippen LogP contribution is 2.21. The van der Waals surface area contributed by atoms with Crippen LogP contribution in [-0.4, -0.2) is 41.3 Å². The third-order valence-electron chi connectivity index (χ3n) is 1.68. The molecule has 0 amide bonds. The van der Waals surface area contributed by atoms with Gasteiger partial charge in [-0.15, -0.1) is 0 Å². The van der Waals surface area contributed by atoms with E-state index in [9.17, 15) is 4.79 Å². The molecule has 5 nitrogen and oxygen atoms in total. The minimum Gasteiger partial charge on any atom is -0.459 e. The van der Waals surface area contributed by atoms with Gasteiger partial charge in [0.15, 0.2) is 6.29 Å². The van der Waals surface area contributed by atoms with E-state index < -0.39 is 24.5 Å². The number of rotatable bonds is 2. The quantitative estimate of drug-likeness (QED) is 0.529. The standard InChI is InChI=1S/C7H12O5/c1-4(9)11-5-2-7(10)12-6(5)3-8/h5-8,10H,2-3H2,1H3/t5-,6+,7-/m0/s1. The van der Waals surface area contributed by atoms with Gasteiger partial charge >= 0.3 is 5.97 Å². The number of carbonyl (C=O) groups is 1. The van der Waals surface area contributed by atoms with Crippen molar-refractivity contribution in [3.05, 3.63) is 0 Å². The summed E-state index contributed by atoms with van der Waals surface area (Å²) in [7, 11) is 0. The smallest absolute Gasteiger partial charge is 0.302 e. The number of aliphatic hydroxyl groups excluding tert-OH is 2. The number of hydrogen-bond donors (Lipinski definition) is 2. The summed E-state index contributed by atoms with van der Waals surface area (Å²) in [6.07, 6.45) is -1.83. The van der Waals surface area contributed by atoms with Crippen LogP contribution < -0.4 is 0 Å². The summed E-state index contributed by atoms with van der Waals surface area (Å²) < 4.78 is 9.65. The molecule has 12 heavy (non-hydrogen) atoms. The summed E-state index contributed by atoms with van der Waals surface area (Å²) in [5, 5.41) is 17.7. The molecular weight excluding hydrogens is 164 g/mol. The van der Waals surface area contributed by atoms with Crippen LogP contribution in [0.2, 0.25) is 0 Å². The lowest BCUT2D eigenvalue weighted by molar-refractivity contribution is -0.151. The van der Waals surface area contributed by atoms with E-state index in [1.165, 1.54) is 6.92 Å². The van der Waals surface area contributed by atoms with Gasteiger partial charge in [0.1, 0.15) is 12.2 Å². The molecule has 0 aromatic heterocycles. The highest BCUT2D eigenvalue weighted by molar-refractivity contribution is 5.66. The summed E-state index contributed by atoms with van der Waals surface area (Å²) in [5.41, 5.74) is 0. The van der Waals surface area contributed by atoms with Crippen molar-refractivity contribution in [3.63, 3.8) is 0 Å². The first kappa shape index (κ1) is 9.44. The lowest BCUT2D eigenvalue weighted by atomic mass is 10.2. The van der Waals surface area contributed by atoms with Crippen molar-refractivity contribution >= 4 is 5.97 Å². The Kier molecular flexibility index (Phi) is 3.02. The Labute approximate surface area is 69.9 Å². The molecule has 0 spiro atoms. The van der Waals surface area contributed by atoms with E-state index in [0.29, 0.717) is 0 Å². The Morgan fingerprint density at radius 3 is 2.92 bits per heavy atom. The van der Waals surface area contributed by atoms with Crippen LogP contribution in [0.15, 0.2) is 0 Å². The maximum absolute atomic E-state index is 10.5. The van der Waals surface area contributed by atoms with Crippen LogP contribution in [0.25, 0.3) is 0 Å². The monoisotopic (exact) mass is 176 g/mol. The highest BCUT2D eigenvalue weighted by Gasteiger charge is 2.35. The molecule has 0 unspecified atom stereocenters. The number of hydrogen-bond acceptors (Lipinski definition) is 5. The summed E-state index contributed by atoms with van der Waals surface area (Å²) in [5.74, 6) is -0.434. The third kappa shape index (κ3) is 2.17. The van der Waals surface area contributed by atoms with Gasteiger partial charge in [-0.1, -0.05) is 0 Å². The number of carbonyl (C=O) groups excluding carboxylic acids is 1. The summed E-state index contributed by atoms with van der Waals surface area (Å²) >= 11 is 0. The number of ether oxygens (including phenoxy) is 2. The van der Waals surface area contributed by atoms with E-state index in [0.717, 1.165) is 0 Å². The van der Waals surface area contributed by atoms with Crippen LogP contribution in [0.3, 0.4) is 0 Å². The first-order valence-electron chi connectivity index (χ1n) is 3.75. The molecule has 1 aliphatic rings. The molecule has 1 heterocycles. The van der Waals surface area contributed by atoms with Gasteiger partial charge in [0.2, 0.25) is 0 Å². The Hall–Kier alpha value is -0.650. The van der Waals surface area contributed by atoms with Crippen LogP contribution >= 0.6 is 0 Å². The molecule has 0 bridgehead atoms. The average Bonchev–Trinajstić information content (AvgIpc) is 2.29. The van der Waals surface area contributed by atoms with Gasteiger partial charge in [-0.25, -0.2) is 0 Å². The van der Waals surface area contributed by atoms with Gasteiger partial charge in [-0.3, -0.25) is 4.79 Å². The van der Waals surface area contributed by atoms with Crippen LogP contribution in [0.5, 0.6) is 0 Å². The molecule has 2 N–H and O–H groups in total. The molecule has 0 radical (unpaired) electrons. The normalized spacial score (nSPS) is 35.1. The summed E-state index contributed by atoms with van der Waals surface area (Å²) in [4.78, 5) is 10.5. The predicted molar refractivity (Wildman–Crippen MR) is 38.1 cm³/mol. The van der Waals surface area contributed by atoms with Crippen LogP contribution in [0.4, 0.5) is 0 Å². The van der Waals surface area contributed by atoms with Crippen molar-refractivity contribution in [3.8, 4) is 0 Å². The van der Waals surface area contributed by atoms with Gasteiger partial charge in [0.05, 0.1) is 6.61 Å². The molecule has 1 saturated heterocycles. The molecule has 1 aliphatic heterocycles. The van der Waals surface area contributed by atoms with Crippen LogP contribution in [0, 0.1) is 0 Å². The summed E-state index contributed by atoms with van der Waals surface area (Å²) in [6, 6.07) is 0. The van der Waals surface area contributed by atoms with Gasteiger partial charge in [-0.05, 0) is 0 Å². The number of aliphatic hydroxyl groups is 2. The Balaban J connectivity index is 2.46. The number of esters is 1. The molecule has 5 heteroatoms. The van der Waals surface area contributed by atoms with E-state index in [1.54, 1.807) is 0 Å². The van der Waals surface area contributed by atoms with Crippen LogP contribution in [-0.2, 0) is 14.3 Å². The third-order valence-corrected chi connectivity index (χ3v) is 1.68. The van der Waals surface area contributed by atoms with E-state index in [2.05, 4.69) is 0 Å². The lowest BCUT2D eigenvalue weighted by Gasteiger charge is -2.14. The Morgan fingerprint density at radius 1 is 1.75 bits per heavy atom. The minimum atomic E-state index is -0.938. The fourth-order valence-electron chi connectivity index (χ4n) is 1.19. The Morgan fingerprint density at radius 2 is 2.42 bits per heavy atom. The van der Waals surface area contributed by atoms with Crippen molar-refractivity contribution in [2.45, 2.75) is 31.8 Å². The fourth-order valence-corrected chi connectivity index (χ4v) is 1.19. The van der Waals surface area contributed by atoms with Crippen molar-refractivity contribution in [2.75, 3.05) is 6.61 Å². The highest BCUT2D eigenvalue weighted by atomic mass is 16.6. The van der Waals surface area contributed by atoms with E-state index in [-0.39, 0.29) is 13.0 Å². The fraction of sp³-hybridized carbons (Fsp3) is 0.857. The maximum Gasteiger partial charge on any atom is 0.302 e.